The van der Waals surface area contributed by atoms with Gasteiger partial charge in [0.05, 0.1) is 19.3 Å². The summed E-state index contributed by atoms with van der Waals surface area (Å²) in [4.78, 5) is 109. The van der Waals surface area contributed by atoms with E-state index in [0.29, 0.717) is 31.5 Å². The number of Topliss-reactive ketones (excluding diaryl/α,β-unsaturated/α-hetero) is 1. The van der Waals surface area contributed by atoms with Crippen molar-refractivity contribution in [1.82, 2.24) is 35.3 Å². The zero-order chi connectivity index (χ0) is 49.8. The number of amides is 3. The first-order chi connectivity index (χ1) is 31.9. The topological polar surface area (TPSA) is 308 Å². The van der Waals surface area contributed by atoms with Crippen molar-refractivity contribution >= 4 is 55.1 Å². The summed E-state index contributed by atoms with van der Waals surface area (Å²) in [6, 6.07) is -2.47. The van der Waals surface area contributed by atoms with Gasteiger partial charge in [0.15, 0.2) is 6.10 Å². The van der Waals surface area contributed by atoms with Gasteiger partial charge in [-0.3, -0.25) is 37.9 Å². The number of carbonyl (C=O) groups excluding carboxylic acids is 7. The second kappa shape index (κ2) is 32.1. The monoisotopic (exact) mass is 971 g/mol. The number of aromatic amines is 1. The molecule has 1 saturated heterocycles. The van der Waals surface area contributed by atoms with Crippen LogP contribution in [0.4, 0.5) is 0 Å². The van der Waals surface area contributed by atoms with E-state index in [0.717, 1.165) is 25.7 Å². The van der Waals surface area contributed by atoms with Crippen LogP contribution in [0.2, 0.25) is 0 Å². The molecule has 0 aromatic carbocycles. The van der Waals surface area contributed by atoms with E-state index in [1.807, 2.05) is 0 Å². The van der Waals surface area contributed by atoms with E-state index in [1.165, 1.54) is 101 Å². The molecule has 22 nitrogen and oxygen atoms in total. The van der Waals surface area contributed by atoms with E-state index in [1.54, 1.807) is 0 Å². The smallest absolute Gasteiger partial charge is 0.346 e. The maximum Gasteiger partial charge on any atom is 0.346 e. The van der Waals surface area contributed by atoms with Gasteiger partial charge in [-0.15, -0.1) is 0 Å². The van der Waals surface area contributed by atoms with Gasteiger partial charge in [-0.1, -0.05) is 84.0 Å². The molecule has 1 aliphatic heterocycles. The average molecular weight is 971 g/mol. The third kappa shape index (κ3) is 22.3. The Hall–Kier alpha value is -4.76. The van der Waals surface area contributed by atoms with Crippen LogP contribution in [-0.4, -0.2) is 150 Å². The number of imidazole rings is 1. The Kier molecular flexibility index (Phi) is 27.9. The van der Waals surface area contributed by atoms with Crippen LogP contribution in [0, 0.1) is 0 Å². The van der Waals surface area contributed by atoms with Crippen molar-refractivity contribution < 1.29 is 66.8 Å². The summed E-state index contributed by atoms with van der Waals surface area (Å²) in [7, 11) is 1.89. The van der Waals surface area contributed by atoms with Crippen molar-refractivity contribution in [3.05, 3.63) is 18.2 Å². The SMILES string of the molecule is CCCCCCCCCCCCCCCC(=O)OC(COC(=O)CCC(=O)NCC(=O)N[C@@H](CCCCN)C(=O)N[C@@H](Cc1cnc[nH]1)C(=O)O)C1OC(=O)C(OP(=O)(N(C)C)N(C)C)C1=O. The van der Waals surface area contributed by atoms with Gasteiger partial charge in [-0.2, -0.15) is 0 Å². The fourth-order valence-electron chi connectivity index (χ4n) is 7.07. The normalized spacial score (nSPS) is 16.3. The maximum atomic E-state index is 13.5. The number of H-pyrrole nitrogens is 1. The molecule has 1 fully saturated rings. The Morgan fingerprint density at radius 2 is 1.43 bits per heavy atom. The molecular formula is C44H75N8O14P. The van der Waals surface area contributed by atoms with E-state index in [2.05, 4.69) is 32.8 Å². The van der Waals surface area contributed by atoms with Crippen molar-refractivity contribution in [3.63, 3.8) is 0 Å². The first-order valence-electron chi connectivity index (χ1n) is 23.4. The Bertz CT molecular complexity index is 1750. The summed E-state index contributed by atoms with van der Waals surface area (Å²) in [6.45, 7) is 1.21. The molecule has 3 unspecified atom stereocenters. The molecule has 1 aromatic heterocycles. The number of cyclic esters (lactones) is 1. The number of unbranched alkanes of at least 4 members (excludes halogenated alkanes) is 13. The number of rotatable bonds is 37. The fourth-order valence-corrected chi connectivity index (χ4v) is 8.63. The number of aromatic nitrogens is 2. The lowest BCUT2D eigenvalue weighted by atomic mass is 10.0. The van der Waals surface area contributed by atoms with Crippen LogP contribution >= 0.6 is 7.67 Å². The summed E-state index contributed by atoms with van der Waals surface area (Å²) in [5, 5.41) is 16.9. The highest BCUT2D eigenvalue weighted by Crippen LogP contribution is 2.52. The second-order valence-electron chi connectivity index (χ2n) is 17.0. The predicted molar refractivity (Wildman–Crippen MR) is 245 cm³/mol. The summed E-state index contributed by atoms with van der Waals surface area (Å²) >= 11 is 0. The van der Waals surface area contributed by atoms with E-state index in [-0.39, 0.29) is 19.3 Å². The van der Waals surface area contributed by atoms with E-state index >= 15 is 0 Å². The van der Waals surface area contributed by atoms with Gasteiger partial charge in [-0.25, -0.2) is 23.9 Å². The molecule has 0 saturated carbocycles. The van der Waals surface area contributed by atoms with Gasteiger partial charge in [0.2, 0.25) is 35.7 Å². The van der Waals surface area contributed by atoms with Gasteiger partial charge in [0.1, 0.15) is 18.7 Å². The number of esters is 3. The Balaban J connectivity index is 1.95. The van der Waals surface area contributed by atoms with Crippen LogP contribution in [0.15, 0.2) is 12.5 Å². The van der Waals surface area contributed by atoms with Gasteiger partial charge in [0, 0.05) is 31.2 Å². The van der Waals surface area contributed by atoms with E-state index in [9.17, 15) is 48.0 Å². The van der Waals surface area contributed by atoms with Crippen molar-refractivity contribution in [2.75, 3.05) is 47.9 Å². The number of nitrogens with two attached hydrogens (primary N) is 1. The zero-order valence-corrected chi connectivity index (χ0v) is 40.8. The standard InChI is InChI=1S/C44H75N8O14P/c1-6-7-8-9-10-11-12-13-14-15-16-17-18-22-38(56)64-34(40-39(57)41(44(61)65-40)66-67(62,51(2)3)52(4)5)29-63-37(55)24-23-35(53)47-28-36(54)49-32(21-19-20-25-45)42(58)50-33(43(59)60)26-31-27-46-30-48-31/h27,30,32-34,40-41H,6-26,28-29,45H2,1-5H3,(H,46,48)(H,47,53)(H,49,54)(H,50,58)(H,59,60)/t32-,33-,34?,40?,41?/m0/s1. The summed E-state index contributed by atoms with van der Waals surface area (Å²) in [5.41, 5.74) is 6.05. The number of carboxylic acids is 1. The third-order valence-electron chi connectivity index (χ3n) is 11.0. The molecule has 67 heavy (non-hydrogen) atoms. The average Bonchev–Trinajstić information content (AvgIpc) is 3.90. The predicted octanol–water partition coefficient (Wildman–Crippen LogP) is 3.08. The highest BCUT2D eigenvalue weighted by atomic mass is 31.2. The molecule has 7 N–H and O–H groups in total. The van der Waals surface area contributed by atoms with Crippen molar-refractivity contribution in [3.8, 4) is 0 Å². The van der Waals surface area contributed by atoms with Gasteiger partial charge < -0.3 is 46.0 Å². The first kappa shape index (κ1) is 58.4. The highest BCUT2D eigenvalue weighted by Gasteiger charge is 2.53. The molecule has 0 aliphatic carbocycles. The summed E-state index contributed by atoms with van der Waals surface area (Å²) in [6.07, 6.45) is 11.9. The Labute approximate surface area is 393 Å². The minimum Gasteiger partial charge on any atom is -0.480 e. The van der Waals surface area contributed by atoms with Crippen LogP contribution in [0.5, 0.6) is 0 Å². The Morgan fingerprint density at radius 3 is 1.99 bits per heavy atom. The molecule has 1 aliphatic rings. The molecule has 0 radical (unpaired) electrons. The van der Waals surface area contributed by atoms with Crippen LogP contribution in [0.3, 0.4) is 0 Å². The fraction of sp³-hybridized carbons (Fsp3) is 0.750. The number of carbonyl (C=O) groups is 8. The minimum absolute atomic E-state index is 0.0187. The number of ether oxygens (including phenoxy) is 3. The third-order valence-corrected chi connectivity index (χ3v) is 13.5. The minimum atomic E-state index is -3.86. The van der Waals surface area contributed by atoms with E-state index < -0.39 is 111 Å². The number of nitrogens with one attached hydrogen (secondary N) is 4. The van der Waals surface area contributed by atoms with Gasteiger partial charge >= 0.3 is 31.5 Å². The lowest BCUT2D eigenvalue weighted by Gasteiger charge is -2.30. The molecular weight excluding hydrogens is 895 g/mol. The van der Waals surface area contributed by atoms with Crippen molar-refractivity contribution in [2.45, 2.75) is 166 Å². The van der Waals surface area contributed by atoms with Crippen LogP contribution in [0.1, 0.15) is 135 Å². The molecule has 1 aromatic rings. The van der Waals surface area contributed by atoms with Crippen LogP contribution in [0.25, 0.3) is 0 Å². The van der Waals surface area contributed by atoms with Crippen molar-refractivity contribution in [2.24, 2.45) is 5.73 Å². The first-order valence-corrected chi connectivity index (χ1v) is 25.0. The molecule has 5 atom stereocenters. The molecule has 3 amide bonds. The summed E-state index contributed by atoms with van der Waals surface area (Å²) < 4.78 is 37.6. The van der Waals surface area contributed by atoms with Crippen LogP contribution < -0.4 is 21.7 Å². The molecule has 2 heterocycles. The molecule has 2 rings (SSSR count). The van der Waals surface area contributed by atoms with Gasteiger partial charge in [0.25, 0.3) is 0 Å². The van der Waals surface area contributed by atoms with Crippen LogP contribution in [-0.2, 0) is 68.1 Å². The number of carboxylic acid groups (broad SMARTS) is 1. The van der Waals surface area contributed by atoms with E-state index in [4.69, 9.17) is 24.5 Å². The quantitative estimate of drug-likeness (QED) is 0.0183. The lowest BCUT2D eigenvalue weighted by molar-refractivity contribution is -0.172. The number of hydrogen-bond donors (Lipinski definition) is 6. The molecule has 0 spiro atoms. The largest absolute Gasteiger partial charge is 0.480 e. The maximum absolute atomic E-state index is 13.5. The molecule has 380 valence electrons. The number of aliphatic carboxylic acids is 1. The number of ketones is 1. The number of nitrogens with zero attached hydrogens (tertiary/aromatic N) is 3. The highest BCUT2D eigenvalue weighted by molar-refractivity contribution is 7.53. The lowest BCUT2D eigenvalue weighted by Crippen LogP contribution is -2.53. The molecule has 0 bridgehead atoms. The number of hydrogen-bond acceptors (Lipinski definition) is 15. The van der Waals surface area contributed by atoms with Crippen molar-refractivity contribution in [1.29, 1.82) is 0 Å². The summed E-state index contributed by atoms with van der Waals surface area (Å²) in [5.74, 6) is -7.40. The second-order valence-corrected chi connectivity index (χ2v) is 19.8. The zero-order valence-electron chi connectivity index (χ0n) is 39.9. The molecule has 23 heteroatoms. The Morgan fingerprint density at radius 1 is 0.821 bits per heavy atom. The van der Waals surface area contributed by atoms with Gasteiger partial charge in [-0.05, 0) is 60.4 Å².